The number of hydrogen-bond donors (Lipinski definition) is 2. The van der Waals surface area contributed by atoms with Gasteiger partial charge in [-0.05, 0) is 0 Å². The molecule has 0 saturated carbocycles. The second kappa shape index (κ2) is 10.2. The molecule has 8 nitrogen and oxygen atoms in total. The highest BCUT2D eigenvalue weighted by molar-refractivity contribution is 14.0. The topological polar surface area (TPSA) is 93.4 Å². The van der Waals surface area contributed by atoms with E-state index in [0.29, 0.717) is 5.69 Å². The Morgan fingerprint density at radius 1 is 1.43 bits per heavy atom. The molecule has 0 fully saturated rings. The predicted octanol–water partition coefficient (Wildman–Crippen LogP) is 0.686. The number of guanidine groups is 1. The predicted molar refractivity (Wildman–Crippen MR) is 86.3 cm³/mol. The van der Waals surface area contributed by atoms with Crippen molar-refractivity contribution in [2.45, 2.75) is 25.7 Å². The molecule has 0 amide bonds. The number of aliphatic imine (C=N–C) groups is 1. The summed E-state index contributed by atoms with van der Waals surface area (Å²) in [5, 5.41) is 12.9. The molecule has 0 aromatic carbocycles. The van der Waals surface area contributed by atoms with Gasteiger partial charge in [0.15, 0.2) is 5.96 Å². The number of rotatable bonds is 6. The van der Waals surface area contributed by atoms with Crippen LogP contribution in [0.5, 0.6) is 0 Å². The maximum Gasteiger partial charge on any atom is 0.390 e. The van der Waals surface area contributed by atoms with Crippen LogP contribution >= 0.6 is 24.0 Å². The van der Waals surface area contributed by atoms with E-state index in [1.165, 1.54) is 25.0 Å². The van der Waals surface area contributed by atoms with Gasteiger partial charge in [0.1, 0.15) is 12.2 Å². The van der Waals surface area contributed by atoms with Crippen molar-refractivity contribution in [2.24, 2.45) is 4.99 Å². The molecule has 0 spiro atoms. The molecule has 0 aliphatic heterocycles. The number of carbonyl (C=O) groups excluding carboxylic acids is 1. The van der Waals surface area contributed by atoms with Crippen molar-refractivity contribution in [1.82, 2.24) is 25.6 Å². The summed E-state index contributed by atoms with van der Waals surface area (Å²) in [6, 6.07) is 0. The summed E-state index contributed by atoms with van der Waals surface area (Å²) in [4.78, 5) is 14.8. The van der Waals surface area contributed by atoms with Crippen molar-refractivity contribution in [3.8, 4) is 0 Å². The second-order valence-electron chi connectivity index (χ2n) is 4.20. The molecule has 0 radical (unpaired) electrons. The van der Waals surface area contributed by atoms with Gasteiger partial charge in [-0.2, -0.15) is 13.2 Å². The van der Waals surface area contributed by atoms with Crippen LogP contribution in [0.1, 0.15) is 12.1 Å². The fourth-order valence-corrected chi connectivity index (χ4v) is 1.41. The quantitative estimate of drug-likeness (QED) is 0.287. The number of hydrogen-bond acceptors (Lipinski definition) is 5. The van der Waals surface area contributed by atoms with Gasteiger partial charge in [0, 0.05) is 13.6 Å². The largest absolute Gasteiger partial charge is 0.468 e. The number of ether oxygens (including phenoxy) is 1. The summed E-state index contributed by atoms with van der Waals surface area (Å²) < 4.78 is 41.9. The van der Waals surface area contributed by atoms with Crippen LogP contribution < -0.4 is 10.6 Å². The lowest BCUT2D eigenvalue weighted by molar-refractivity contribution is -0.141. The number of nitrogens with one attached hydrogen (secondary N) is 2. The third-order valence-electron chi connectivity index (χ3n) is 2.47. The number of alkyl halides is 3. The Balaban J connectivity index is 0.00000484. The first-order valence-electron chi connectivity index (χ1n) is 6.31. The summed E-state index contributed by atoms with van der Waals surface area (Å²) >= 11 is 0. The van der Waals surface area contributed by atoms with E-state index in [9.17, 15) is 18.0 Å². The van der Waals surface area contributed by atoms with E-state index in [2.05, 4.69) is 30.7 Å². The Labute approximate surface area is 147 Å². The molecule has 23 heavy (non-hydrogen) atoms. The third-order valence-corrected chi connectivity index (χ3v) is 2.47. The fraction of sp³-hybridized carbons (Fsp3) is 0.636. The highest BCUT2D eigenvalue weighted by Crippen LogP contribution is 2.17. The van der Waals surface area contributed by atoms with Gasteiger partial charge in [0.25, 0.3) is 0 Å². The van der Waals surface area contributed by atoms with Crippen LogP contribution in [0.15, 0.2) is 11.2 Å². The molecule has 0 saturated heterocycles. The number of methoxy groups -OCH3 is 1. The molecular formula is C11H18F3IN6O2. The second-order valence-corrected chi connectivity index (χ2v) is 4.20. The minimum atomic E-state index is -4.22. The third kappa shape index (κ3) is 9.20. The summed E-state index contributed by atoms with van der Waals surface area (Å²) in [6.07, 6.45) is -3.65. The Kier molecular flexibility index (Phi) is 9.52. The minimum absolute atomic E-state index is 0. The van der Waals surface area contributed by atoms with E-state index in [0.717, 1.165) is 0 Å². The van der Waals surface area contributed by atoms with Crippen molar-refractivity contribution in [3.05, 3.63) is 11.9 Å². The van der Waals surface area contributed by atoms with E-state index in [1.54, 1.807) is 0 Å². The van der Waals surface area contributed by atoms with Crippen LogP contribution in [-0.2, 0) is 22.6 Å². The maximum absolute atomic E-state index is 12.0. The number of aromatic nitrogens is 3. The molecular weight excluding hydrogens is 432 g/mol. The summed E-state index contributed by atoms with van der Waals surface area (Å²) in [5.41, 5.74) is 0.502. The van der Waals surface area contributed by atoms with Gasteiger partial charge in [-0.3, -0.25) is 9.79 Å². The zero-order valence-corrected chi connectivity index (χ0v) is 14.9. The van der Waals surface area contributed by atoms with Gasteiger partial charge in [-0.15, -0.1) is 29.1 Å². The first-order valence-corrected chi connectivity index (χ1v) is 6.31. The lowest BCUT2D eigenvalue weighted by Crippen LogP contribution is -2.38. The normalized spacial score (nSPS) is 11.6. The molecule has 0 aliphatic carbocycles. The van der Waals surface area contributed by atoms with Gasteiger partial charge in [0.05, 0.1) is 26.3 Å². The van der Waals surface area contributed by atoms with Crippen molar-refractivity contribution in [3.63, 3.8) is 0 Å². The van der Waals surface area contributed by atoms with Crippen molar-refractivity contribution in [1.29, 1.82) is 0 Å². The number of esters is 1. The molecule has 0 atom stereocenters. The maximum atomic E-state index is 12.0. The zero-order chi connectivity index (χ0) is 16.6. The van der Waals surface area contributed by atoms with Crippen molar-refractivity contribution < 1.29 is 22.7 Å². The lowest BCUT2D eigenvalue weighted by Gasteiger charge is -2.11. The Morgan fingerprint density at radius 3 is 2.70 bits per heavy atom. The van der Waals surface area contributed by atoms with Gasteiger partial charge < -0.3 is 15.4 Å². The fourth-order valence-electron chi connectivity index (χ4n) is 1.41. The van der Waals surface area contributed by atoms with Gasteiger partial charge in [-0.1, -0.05) is 5.21 Å². The molecule has 12 heteroatoms. The summed E-state index contributed by atoms with van der Waals surface area (Å²) in [7, 11) is 2.70. The van der Waals surface area contributed by atoms with Crippen LogP contribution in [0.25, 0.3) is 0 Å². The molecule has 132 valence electrons. The van der Waals surface area contributed by atoms with Crippen LogP contribution in [0.4, 0.5) is 13.2 Å². The van der Waals surface area contributed by atoms with Gasteiger partial charge in [0.2, 0.25) is 0 Å². The smallest absolute Gasteiger partial charge is 0.390 e. The van der Waals surface area contributed by atoms with Crippen molar-refractivity contribution in [2.75, 3.05) is 20.7 Å². The van der Waals surface area contributed by atoms with E-state index >= 15 is 0 Å². The first kappa shape index (κ1) is 21.4. The standard InChI is InChI=1S/C11H17F3N6O2.HI/c1-15-10(16-4-3-11(12,13)14)17-5-8-6-20(19-18-8)7-9(21)22-2;/h6H,3-5,7H2,1-2H3,(H2,15,16,17);1H. The Morgan fingerprint density at radius 2 is 2.13 bits per heavy atom. The molecule has 0 unspecified atom stereocenters. The molecule has 1 heterocycles. The van der Waals surface area contributed by atoms with E-state index in [4.69, 9.17) is 0 Å². The average molecular weight is 450 g/mol. The zero-order valence-electron chi connectivity index (χ0n) is 12.6. The number of carbonyl (C=O) groups is 1. The molecule has 1 rings (SSSR count). The number of halogens is 4. The average Bonchev–Trinajstić information content (AvgIpc) is 2.88. The SMILES string of the molecule is CN=C(NCCC(F)(F)F)NCc1cn(CC(=O)OC)nn1.I. The first-order chi connectivity index (χ1) is 10.3. The monoisotopic (exact) mass is 450 g/mol. The highest BCUT2D eigenvalue weighted by Gasteiger charge is 2.26. The summed E-state index contributed by atoms with van der Waals surface area (Å²) in [6.45, 7) is -0.146. The number of nitrogens with zero attached hydrogens (tertiary/aromatic N) is 4. The van der Waals surface area contributed by atoms with Crippen LogP contribution in [0.2, 0.25) is 0 Å². The Hall–Kier alpha value is -1.60. The van der Waals surface area contributed by atoms with Gasteiger partial charge in [-0.25, -0.2) is 4.68 Å². The van der Waals surface area contributed by atoms with Gasteiger partial charge >= 0.3 is 12.1 Å². The minimum Gasteiger partial charge on any atom is -0.468 e. The lowest BCUT2D eigenvalue weighted by atomic mass is 10.4. The Bertz CT molecular complexity index is 520. The van der Waals surface area contributed by atoms with Crippen LogP contribution in [0.3, 0.4) is 0 Å². The molecule has 1 aromatic rings. The summed E-state index contributed by atoms with van der Waals surface area (Å²) in [5.74, 6) is -0.249. The van der Waals surface area contributed by atoms with Crippen LogP contribution in [-0.4, -0.2) is 53.8 Å². The van der Waals surface area contributed by atoms with E-state index < -0.39 is 18.6 Å². The molecule has 1 aromatic heterocycles. The highest BCUT2D eigenvalue weighted by atomic mass is 127. The van der Waals surface area contributed by atoms with E-state index in [-0.39, 0.29) is 49.6 Å². The van der Waals surface area contributed by atoms with Crippen LogP contribution in [0, 0.1) is 0 Å². The molecule has 0 aliphatic rings. The van der Waals surface area contributed by atoms with Crippen molar-refractivity contribution >= 4 is 35.9 Å². The van der Waals surface area contributed by atoms with E-state index in [1.807, 2.05) is 0 Å². The molecule has 0 bridgehead atoms. The molecule has 2 N–H and O–H groups in total.